The Hall–Kier alpha value is -3.87. The van der Waals surface area contributed by atoms with Crippen LogP contribution in [0, 0.1) is 20.8 Å². The molecule has 1 aromatic heterocycles. The van der Waals surface area contributed by atoms with Crippen LogP contribution >= 0.6 is 0 Å². The Balaban J connectivity index is 1.56. The van der Waals surface area contributed by atoms with Gasteiger partial charge in [0.25, 0.3) is 0 Å². The third kappa shape index (κ3) is 5.82. The van der Waals surface area contributed by atoms with Crippen LogP contribution in [0.15, 0.2) is 57.9 Å². The Bertz CT molecular complexity index is 1130. The van der Waals surface area contributed by atoms with Crippen LogP contribution in [0.3, 0.4) is 0 Å². The lowest BCUT2D eigenvalue weighted by Gasteiger charge is -2.07. The number of hydrogen-bond acceptors (Lipinski definition) is 5. The number of amides is 2. The van der Waals surface area contributed by atoms with Gasteiger partial charge in [0.2, 0.25) is 0 Å². The van der Waals surface area contributed by atoms with Crippen LogP contribution in [-0.4, -0.2) is 25.1 Å². The SMILES string of the molecule is COc1ccc(C)cc1N=Cc1ccc(CNC(=O)C(=O)Nc2ccc(C)c(C)c2)o1. The quantitative estimate of drug-likeness (QED) is 0.462. The molecular formula is C24H25N3O4. The van der Waals surface area contributed by atoms with Gasteiger partial charge in [-0.1, -0.05) is 12.1 Å². The zero-order valence-electron chi connectivity index (χ0n) is 18.0. The van der Waals surface area contributed by atoms with Crippen LogP contribution in [0.1, 0.15) is 28.2 Å². The first-order chi connectivity index (χ1) is 14.9. The van der Waals surface area contributed by atoms with Crippen LogP contribution in [0.2, 0.25) is 0 Å². The molecule has 7 heteroatoms. The molecule has 0 unspecified atom stereocenters. The number of methoxy groups -OCH3 is 1. The number of ether oxygens (including phenoxy) is 1. The van der Waals surface area contributed by atoms with E-state index in [1.165, 1.54) is 0 Å². The summed E-state index contributed by atoms with van der Waals surface area (Å²) in [5, 5.41) is 5.14. The van der Waals surface area contributed by atoms with Crippen molar-refractivity contribution in [2.75, 3.05) is 12.4 Å². The monoisotopic (exact) mass is 419 g/mol. The molecule has 1 heterocycles. The predicted octanol–water partition coefficient (Wildman–Crippen LogP) is 4.22. The largest absolute Gasteiger partial charge is 0.494 e. The first kappa shape index (κ1) is 21.8. The van der Waals surface area contributed by atoms with E-state index in [1.807, 2.05) is 51.1 Å². The lowest BCUT2D eigenvalue weighted by atomic mass is 10.1. The molecule has 3 rings (SSSR count). The van der Waals surface area contributed by atoms with Crippen molar-refractivity contribution in [1.29, 1.82) is 0 Å². The highest BCUT2D eigenvalue weighted by atomic mass is 16.5. The average molecular weight is 419 g/mol. The molecule has 2 N–H and O–H groups in total. The second-order valence-electron chi connectivity index (χ2n) is 7.17. The Morgan fingerprint density at radius 1 is 1.00 bits per heavy atom. The number of aliphatic imine (C=N–C) groups is 1. The Labute approximate surface area is 181 Å². The van der Waals surface area contributed by atoms with Crippen molar-refractivity contribution in [1.82, 2.24) is 5.32 Å². The molecule has 0 aliphatic heterocycles. The number of benzene rings is 2. The number of furan rings is 1. The standard InChI is InChI=1S/C24H25N3O4/c1-15-5-10-22(30-4)21(11-15)25-13-19-8-9-20(31-19)14-26-23(28)24(29)27-18-7-6-16(2)17(3)12-18/h5-13H,14H2,1-4H3,(H,26,28)(H,27,29). The highest BCUT2D eigenvalue weighted by molar-refractivity contribution is 6.39. The highest BCUT2D eigenvalue weighted by Crippen LogP contribution is 2.28. The van der Waals surface area contributed by atoms with Crippen molar-refractivity contribution in [2.45, 2.75) is 27.3 Å². The predicted molar refractivity (Wildman–Crippen MR) is 120 cm³/mol. The zero-order chi connectivity index (χ0) is 22.4. The maximum absolute atomic E-state index is 12.1. The van der Waals surface area contributed by atoms with Gasteiger partial charge in [0, 0.05) is 5.69 Å². The van der Waals surface area contributed by atoms with E-state index < -0.39 is 11.8 Å². The summed E-state index contributed by atoms with van der Waals surface area (Å²) < 4.78 is 11.0. The fourth-order valence-corrected chi connectivity index (χ4v) is 2.85. The van der Waals surface area contributed by atoms with Crippen molar-refractivity contribution >= 4 is 29.4 Å². The Morgan fingerprint density at radius 3 is 2.55 bits per heavy atom. The van der Waals surface area contributed by atoms with Gasteiger partial charge in [-0.15, -0.1) is 0 Å². The first-order valence-electron chi connectivity index (χ1n) is 9.79. The molecule has 0 aliphatic carbocycles. The summed E-state index contributed by atoms with van der Waals surface area (Å²) in [6, 6.07) is 14.6. The zero-order valence-corrected chi connectivity index (χ0v) is 18.0. The molecule has 160 valence electrons. The summed E-state index contributed by atoms with van der Waals surface area (Å²) in [5.41, 5.74) is 4.48. The van der Waals surface area contributed by atoms with Gasteiger partial charge in [0.05, 0.1) is 19.9 Å². The fourth-order valence-electron chi connectivity index (χ4n) is 2.85. The van der Waals surface area contributed by atoms with Gasteiger partial charge in [0.15, 0.2) is 0 Å². The van der Waals surface area contributed by atoms with Gasteiger partial charge in [-0.3, -0.25) is 9.59 Å². The second-order valence-corrected chi connectivity index (χ2v) is 7.17. The molecule has 0 saturated carbocycles. The number of hydrogen-bond donors (Lipinski definition) is 2. The van der Waals surface area contributed by atoms with Crippen LogP contribution < -0.4 is 15.4 Å². The number of carbonyl (C=O) groups is 2. The summed E-state index contributed by atoms with van der Waals surface area (Å²) in [7, 11) is 1.59. The van der Waals surface area contributed by atoms with E-state index in [-0.39, 0.29) is 6.54 Å². The van der Waals surface area contributed by atoms with Crippen LogP contribution in [0.4, 0.5) is 11.4 Å². The molecule has 3 aromatic rings. The third-order valence-electron chi connectivity index (χ3n) is 4.74. The van der Waals surface area contributed by atoms with Crippen LogP contribution in [0.5, 0.6) is 5.75 Å². The van der Waals surface area contributed by atoms with E-state index in [4.69, 9.17) is 9.15 Å². The molecule has 0 atom stereocenters. The van der Waals surface area contributed by atoms with Crippen LogP contribution in [0.25, 0.3) is 0 Å². The molecule has 0 spiro atoms. The third-order valence-corrected chi connectivity index (χ3v) is 4.74. The van der Waals surface area contributed by atoms with Crippen molar-refractivity contribution in [2.24, 2.45) is 4.99 Å². The van der Waals surface area contributed by atoms with E-state index in [1.54, 1.807) is 31.5 Å². The lowest BCUT2D eigenvalue weighted by molar-refractivity contribution is -0.136. The maximum Gasteiger partial charge on any atom is 0.313 e. The molecule has 2 amide bonds. The van der Waals surface area contributed by atoms with E-state index in [2.05, 4.69) is 15.6 Å². The molecule has 0 aliphatic rings. The topological polar surface area (TPSA) is 92.9 Å². The average Bonchev–Trinajstić information content (AvgIpc) is 3.21. The van der Waals surface area contributed by atoms with Crippen LogP contribution in [-0.2, 0) is 16.1 Å². The number of carbonyl (C=O) groups excluding carboxylic acids is 2. The van der Waals surface area contributed by atoms with Gasteiger partial charge in [0.1, 0.15) is 23.0 Å². The van der Waals surface area contributed by atoms with Crippen molar-refractivity contribution < 1.29 is 18.7 Å². The number of nitrogens with one attached hydrogen (secondary N) is 2. The minimum Gasteiger partial charge on any atom is -0.494 e. The number of nitrogens with zero attached hydrogens (tertiary/aromatic N) is 1. The Morgan fingerprint density at radius 2 is 1.81 bits per heavy atom. The minimum absolute atomic E-state index is 0.0841. The van der Waals surface area contributed by atoms with Gasteiger partial charge >= 0.3 is 11.8 Å². The molecule has 31 heavy (non-hydrogen) atoms. The first-order valence-corrected chi connectivity index (χ1v) is 9.79. The van der Waals surface area contributed by atoms with Gasteiger partial charge in [-0.25, -0.2) is 4.99 Å². The summed E-state index contributed by atoms with van der Waals surface area (Å²) >= 11 is 0. The van der Waals surface area contributed by atoms with Gasteiger partial charge in [-0.05, 0) is 73.9 Å². The van der Waals surface area contributed by atoms with Gasteiger partial charge in [-0.2, -0.15) is 0 Å². The van der Waals surface area contributed by atoms with E-state index in [9.17, 15) is 9.59 Å². The molecule has 0 saturated heterocycles. The summed E-state index contributed by atoms with van der Waals surface area (Å²) in [6.07, 6.45) is 1.58. The summed E-state index contributed by atoms with van der Waals surface area (Å²) in [6.45, 7) is 5.98. The molecule has 0 bridgehead atoms. The number of anilines is 1. The minimum atomic E-state index is -0.741. The second kappa shape index (κ2) is 9.75. The fraction of sp³-hybridized carbons (Fsp3) is 0.208. The van der Waals surface area contributed by atoms with Gasteiger partial charge < -0.3 is 19.8 Å². The normalized spacial score (nSPS) is 10.8. The molecule has 0 radical (unpaired) electrons. The number of aryl methyl sites for hydroxylation is 3. The van der Waals surface area contributed by atoms with Crippen molar-refractivity contribution in [3.63, 3.8) is 0 Å². The van der Waals surface area contributed by atoms with Crippen molar-refractivity contribution in [3.8, 4) is 5.75 Å². The highest BCUT2D eigenvalue weighted by Gasteiger charge is 2.14. The lowest BCUT2D eigenvalue weighted by Crippen LogP contribution is -2.34. The Kier molecular flexibility index (Phi) is 6.87. The smallest absolute Gasteiger partial charge is 0.313 e. The van der Waals surface area contributed by atoms with E-state index in [0.717, 1.165) is 16.7 Å². The number of rotatable bonds is 6. The van der Waals surface area contributed by atoms with E-state index >= 15 is 0 Å². The molecule has 2 aromatic carbocycles. The molecule has 7 nitrogen and oxygen atoms in total. The van der Waals surface area contributed by atoms with E-state index in [0.29, 0.717) is 28.6 Å². The maximum atomic E-state index is 12.1. The summed E-state index contributed by atoms with van der Waals surface area (Å²) in [4.78, 5) is 28.6. The summed E-state index contributed by atoms with van der Waals surface area (Å²) in [5.74, 6) is 0.213. The van der Waals surface area contributed by atoms with Crippen molar-refractivity contribution in [3.05, 3.63) is 76.7 Å². The molecular weight excluding hydrogens is 394 g/mol. The molecule has 0 fully saturated rings.